The van der Waals surface area contributed by atoms with E-state index in [1.54, 1.807) is 18.2 Å². The zero-order valence-electron chi connectivity index (χ0n) is 13.6. The first kappa shape index (κ1) is 18.5. The number of amides is 1. The number of hydrogen-bond acceptors (Lipinski definition) is 2. The van der Waals surface area contributed by atoms with E-state index in [0.717, 1.165) is 16.3 Å². The normalized spacial score (nSPS) is 10.4. The number of nitrogens with one attached hydrogen (secondary N) is 3. The molecule has 0 aliphatic carbocycles. The van der Waals surface area contributed by atoms with Gasteiger partial charge in [-0.05, 0) is 46.8 Å². The van der Waals surface area contributed by atoms with Gasteiger partial charge in [-0.15, -0.1) is 0 Å². The Morgan fingerprint density at radius 2 is 1.73 bits per heavy atom. The molecule has 4 nitrogen and oxygen atoms in total. The zero-order chi connectivity index (χ0) is 18.5. The van der Waals surface area contributed by atoms with E-state index >= 15 is 0 Å². The molecule has 0 bridgehead atoms. The number of carbonyl (C=O) groups is 1. The van der Waals surface area contributed by atoms with Crippen LogP contribution in [0.5, 0.6) is 0 Å². The van der Waals surface area contributed by atoms with Crippen LogP contribution < -0.4 is 16.2 Å². The molecule has 0 spiro atoms. The fourth-order valence-corrected chi connectivity index (χ4v) is 3.15. The van der Waals surface area contributed by atoms with E-state index in [9.17, 15) is 4.79 Å². The first-order valence-electron chi connectivity index (χ1n) is 7.80. The van der Waals surface area contributed by atoms with Crippen molar-refractivity contribution in [3.63, 3.8) is 0 Å². The van der Waals surface area contributed by atoms with E-state index in [4.69, 9.17) is 35.4 Å². The first-order chi connectivity index (χ1) is 12.5. The molecule has 3 aromatic carbocycles. The smallest absolute Gasteiger partial charge is 0.242 e. The fraction of sp³-hybridized carbons (Fsp3) is 0.0526. The standard InChI is InChI=1S/C19H15Cl2N3OS/c20-14-8-9-17(16(21)11-14)22-19(26)24-23-18(25)10-13-6-3-5-12-4-1-2-7-15(12)13/h1-9,11H,10H2,(H,23,25)(H2,22,24,26). The van der Waals surface area contributed by atoms with Gasteiger partial charge in [0.2, 0.25) is 5.91 Å². The highest BCUT2D eigenvalue weighted by Gasteiger charge is 2.08. The molecular formula is C19H15Cl2N3OS. The van der Waals surface area contributed by atoms with E-state index in [-0.39, 0.29) is 17.4 Å². The van der Waals surface area contributed by atoms with Crippen LogP contribution in [0, 0.1) is 0 Å². The van der Waals surface area contributed by atoms with Crippen molar-refractivity contribution in [2.24, 2.45) is 0 Å². The molecule has 132 valence electrons. The number of thiocarbonyl (C=S) groups is 1. The number of halogens is 2. The summed E-state index contributed by atoms with van der Waals surface area (Å²) >= 11 is 17.1. The molecule has 0 aliphatic heterocycles. The summed E-state index contributed by atoms with van der Waals surface area (Å²) in [5.74, 6) is -0.201. The van der Waals surface area contributed by atoms with Gasteiger partial charge in [0.1, 0.15) is 0 Å². The summed E-state index contributed by atoms with van der Waals surface area (Å²) in [6.07, 6.45) is 0.235. The monoisotopic (exact) mass is 403 g/mol. The summed E-state index contributed by atoms with van der Waals surface area (Å²) < 4.78 is 0. The fourth-order valence-electron chi connectivity index (χ4n) is 2.53. The summed E-state index contributed by atoms with van der Waals surface area (Å²) in [6.45, 7) is 0. The third-order valence-electron chi connectivity index (χ3n) is 3.73. The quantitative estimate of drug-likeness (QED) is 0.437. The lowest BCUT2D eigenvalue weighted by Crippen LogP contribution is -2.44. The number of hydrogen-bond donors (Lipinski definition) is 3. The Hall–Kier alpha value is -2.34. The predicted molar refractivity (Wildman–Crippen MR) is 112 cm³/mol. The molecule has 0 unspecified atom stereocenters. The Balaban J connectivity index is 1.57. The second-order valence-corrected chi connectivity index (χ2v) is 6.82. The first-order valence-corrected chi connectivity index (χ1v) is 8.97. The van der Waals surface area contributed by atoms with Crippen LogP contribution in [0.2, 0.25) is 10.0 Å². The predicted octanol–water partition coefficient (Wildman–Crippen LogP) is 4.71. The van der Waals surface area contributed by atoms with Crippen molar-refractivity contribution in [2.45, 2.75) is 6.42 Å². The summed E-state index contributed by atoms with van der Waals surface area (Å²) in [5, 5.41) is 6.24. The molecule has 0 aromatic heterocycles. The van der Waals surface area contributed by atoms with Crippen LogP contribution in [0.3, 0.4) is 0 Å². The molecule has 0 saturated carbocycles. The Bertz CT molecular complexity index is 973. The van der Waals surface area contributed by atoms with Crippen LogP contribution in [-0.2, 0) is 11.2 Å². The van der Waals surface area contributed by atoms with Crippen molar-refractivity contribution in [3.8, 4) is 0 Å². The third kappa shape index (κ3) is 4.64. The van der Waals surface area contributed by atoms with Crippen LogP contribution in [-0.4, -0.2) is 11.0 Å². The molecule has 1 amide bonds. The Morgan fingerprint density at radius 3 is 2.54 bits per heavy atom. The topological polar surface area (TPSA) is 53.2 Å². The number of carbonyl (C=O) groups excluding carboxylic acids is 1. The maximum atomic E-state index is 12.2. The van der Waals surface area contributed by atoms with Crippen molar-refractivity contribution in [1.29, 1.82) is 0 Å². The molecule has 3 N–H and O–H groups in total. The second kappa shape index (κ2) is 8.36. The van der Waals surface area contributed by atoms with Gasteiger partial charge in [-0.3, -0.25) is 15.6 Å². The molecule has 7 heteroatoms. The van der Waals surface area contributed by atoms with Gasteiger partial charge < -0.3 is 5.32 Å². The highest BCUT2D eigenvalue weighted by Crippen LogP contribution is 2.25. The Kier molecular flexibility index (Phi) is 5.93. The van der Waals surface area contributed by atoms with Crippen LogP contribution in [0.15, 0.2) is 60.7 Å². The lowest BCUT2D eigenvalue weighted by molar-refractivity contribution is -0.120. The zero-order valence-corrected chi connectivity index (χ0v) is 15.9. The number of hydrazine groups is 1. The molecule has 0 atom stereocenters. The molecule has 0 aliphatic rings. The van der Waals surface area contributed by atoms with E-state index in [0.29, 0.717) is 15.7 Å². The minimum atomic E-state index is -0.201. The van der Waals surface area contributed by atoms with Crippen LogP contribution in [0.1, 0.15) is 5.56 Å². The summed E-state index contributed by atoms with van der Waals surface area (Å²) in [6, 6.07) is 18.8. The maximum absolute atomic E-state index is 12.2. The molecule has 3 aromatic rings. The van der Waals surface area contributed by atoms with Crippen molar-refractivity contribution in [2.75, 3.05) is 5.32 Å². The van der Waals surface area contributed by atoms with E-state index < -0.39 is 0 Å². The number of benzene rings is 3. The summed E-state index contributed by atoms with van der Waals surface area (Å²) in [4.78, 5) is 12.2. The molecular weight excluding hydrogens is 389 g/mol. The molecule has 0 fully saturated rings. The Morgan fingerprint density at radius 1 is 0.962 bits per heavy atom. The molecule has 0 saturated heterocycles. The SMILES string of the molecule is O=C(Cc1cccc2ccccc12)NNC(=S)Nc1ccc(Cl)cc1Cl. The van der Waals surface area contributed by atoms with Gasteiger partial charge in [0.05, 0.1) is 17.1 Å². The van der Waals surface area contributed by atoms with Crippen molar-refractivity contribution in [1.82, 2.24) is 10.9 Å². The van der Waals surface area contributed by atoms with Gasteiger partial charge >= 0.3 is 0 Å². The average Bonchev–Trinajstić information content (AvgIpc) is 2.63. The van der Waals surface area contributed by atoms with Gasteiger partial charge in [0.15, 0.2) is 5.11 Å². The second-order valence-electron chi connectivity index (χ2n) is 5.57. The van der Waals surface area contributed by atoms with E-state index in [2.05, 4.69) is 16.2 Å². The van der Waals surface area contributed by atoms with Crippen LogP contribution in [0.4, 0.5) is 5.69 Å². The largest absolute Gasteiger partial charge is 0.330 e. The minimum Gasteiger partial charge on any atom is -0.330 e. The number of anilines is 1. The highest BCUT2D eigenvalue weighted by molar-refractivity contribution is 7.80. The third-order valence-corrected chi connectivity index (χ3v) is 4.48. The van der Waals surface area contributed by atoms with Crippen molar-refractivity contribution < 1.29 is 4.79 Å². The molecule has 0 radical (unpaired) electrons. The lowest BCUT2D eigenvalue weighted by Gasteiger charge is -2.13. The Labute approximate surface area is 166 Å². The molecule has 0 heterocycles. The average molecular weight is 404 g/mol. The maximum Gasteiger partial charge on any atom is 0.242 e. The molecule has 3 rings (SSSR count). The van der Waals surface area contributed by atoms with Gasteiger partial charge in [-0.25, -0.2) is 0 Å². The minimum absolute atomic E-state index is 0.201. The molecule has 26 heavy (non-hydrogen) atoms. The summed E-state index contributed by atoms with van der Waals surface area (Å²) in [5.41, 5.74) is 6.80. The van der Waals surface area contributed by atoms with Crippen LogP contribution >= 0.6 is 35.4 Å². The van der Waals surface area contributed by atoms with Crippen molar-refractivity contribution >= 4 is 62.9 Å². The van der Waals surface area contributed by atoms with Gasteiger partial charge in [-0.2, -0.15) is 0 Å². The number of rotatable bonds is 3. The van der Waals surface area contributed by atoms with Gasteiger partial charge in [0, 0.05) is 5.02 Å². The lowest BCUT2D eigenvalue weighted by atomic mass is 10.0. The van der Waals surface area contributed by atoms with E-state index in [1.165, 1.54) is 0 Å². The van der Waals surface area contributed by atoms with Gasteiger partial charge in [-0.1, -0.05) is 65.7 Å². The number of fused-ring (bicyclic) bond motifs is 1. The highest BCUT2D eigenvalue weighted by atomic mass is 35.5. The van der Waals surface area contributed by atoms with Crippen LogP contribution in [0.25, 0.3) is 10.8 Å². The van der Waals surface area contributed by atoms with E-state index in [1.807, 2.05) is 42.5 Å². The van der Waals surface area contributed by atoms with Crippen molar-refractivity contribution in [3.05, 3.63) is 76.3 Å². The van der Waals surface area contributed by atoms with Gasteiger partial charge in [0.25, 0.3) is 0 Å². The summed E-state index contributed by atoms with van der Waals surface area (Å²) in [7, 11) is 0.